The fraction of sp³-hybridized carbons (Fsp3) is 0.417. The second-order valence-electron chi connectivity index (χ2n) is 8.57. The maximum Gasteiger partial charge on any atom is 0.234 e. The van der Waals surface area contributed by atoms with Crippen LogP contribution in [-0.4, -0.2) is 66.9 Å². The highest BCUT2D eigenvalue weighted by Crippen LogP contribution is 2.42. The number of benzene rings is 2. The summed E-state index contributed by atoms with van der Waals surface area (Å²) in [5.74, 6) is 0.175. The summed E-state index contributed by atoms with van der Waals surface area (Å²) in [7, 11) is 0. The molecule has 6 heteroatoms. The fourth-order valence-corrected chi connectivity index (χ4v) is 4.53. The predicted molar refractivity (Wildman–Crippen MR) is 116 cm³/mol. The lowest BCUT2D eigenvalue weighted by Crippen LogP contribution is -2.51. The normalized spacial score (nSPS) is 19.2. The molecule has 0 bridgehead atoms. The van der Waals surface area contributed by atoms with Crippen molar-refractivity contribution in [2.75, 3.05) is 39.3 Å². The summed E-state index contributed by atoms with van der Waals surface area (Å²) in [5.41, 5.74) is 4.74. The summed E-state index contributed by atoms with van der Waals surface area (Å²) < 4.78 is 0. The summed E-state index contributed by atoms with van der Waals surface area (Å²) in [5, 5.41) is 6.30. The van der Waals surface area contributed by atoms with Gasteiger partial charge in [0.2, 0.25) is 11.8 Å². The van der Waals surface area contributed by atoms with E-state index < -0.39 is 0 Å². The SMILES string of the molecule is O=C(CN1CCN(CC(=O)NC2c3ccccc3-c3ccccc32)CC1)NC1CC1. The number of rotatable bonds is 6. The first-order valence-corrected chi connectivity index (χ1v) is 10.9. The Labute approximate surface area is 177 Å². The maximum absolute atomic E-state index is 12.8. The van der Waals surface area contributed by atoms with Gasteiger partial charge in [0.05, 0.1) is 19.1 Å². The van der Waals surface area contributed by atoms with Gasteiger partial charge in [-0.25, -0.2) is 0 Å². The molecule has 1 saturated carbocycles. The van der Waals surface area contributed by atoms with Crippen LogP contribution in [0.25, 0.3) is 11.1 Å². The van der Waals surface area contributed by atoms with Gasteiger partial charge in [0.1, 0.15) is 0 Å². The first-order valence-electron chi connectivity index (χ1n) is 10.9. The second-order valence-corrected chi connectivity index (χ2v) is 8.57. The molecule has 6 nitrogen and oxygen atoms in total. The zero-order valence-electron chi connectivity index (χ0n) is 17.1. The number of amides is 2. The largest absolute Gasteiger partial charge is 0.352 e. The molecule has 2 aromatic carbocycles. The molecule has 2 N–H and O–H groups in total. The number of nitrogens with one attached hydrogen (secondary N) is 2. The number of fused-ring (bicyclic) bond motifs is 3. The molecule has 1 saturated heterocycles. The van der Waals surface area contributed by atoms with Crippen LogP contribution in [0.2, 0.25) is 0 Å². The third-order valence-electron chi connectivity index (χ3n) is 6.28. The fourth-order valence-electron chi connectivity index (χ4n) is 4.53. The van der Waals surface area contributed by atoms with Crippen molar-refractivity contribution in [1.29, 1.82) is 0 Å². The Balaban J connectivity index is 1.15. The molecule has 2 aromatic rings. The van der Waals surface area contributed by atoms with Crippen LogP contribution < -0.4 is 10.6 Å². The van der Waals surface area contributed by atoms with Crippen molar-refractivity contribution in [3.05, 3.63) is 59.7 Å². The molecule has 0 atom stereocenters. The summed E-state index contributed by atoms with van der Waals surface area (Å²) >= 11 is 0. The van der Waals surface area contributed by atoms with Gasteiger partial charge < -0.3 is 10.6 Å². The Kier molecular flexibility index (Phi) is 5.27. The standard InChI is InChI=1S/C24H28N4O2/c29-22(25-17-9-10-17)15-27-11-13-28(14-12-27)16-23(30)26-24-20-7-3-1-5-18(20)19-6-2-4-8-21(19)24/h1-8,17,24H,9-16H2,(H,25,29)(H,26,30). The Morgan fingerprint density at radius 2 is 1.20 bits per heavy atom. The molecule has 1 aliphatic heterocycles. The zero-order valence-corrected chi connectivity index (χ0v) is 17.1. The maximum atomic E-state index is 12.8. The number of hydrogen-bond acceptors (Lipinski definition) is 4. The highest BCUT2D eigenvalue weighted by molar-refractivity contribution is 5.84. The Morgan fingerprint density at radius 3 is 1.70 bits per heavy atom. The van der Waals surface area contributed by atoms with Gasteiger partial charge in [-0.05, 0) is 35.1 Å². The van der Waals surface area contributed by atoms with E-state index in [1.165, 1.54) is 22.3 Å². The minimum Gasteiger partial charge on any atom is -0.352 e. The Hall–Kier alpha value is -2.70. The average molecular weight is 405 g/mol. The van der Waals surface area contributed by atoms with Gasteiger partial charge in [0, 0.05) is 32.2 Å². The van der Waals surface area contributed by atoms with Crippen LogP contribution in [0.3, 0.4) is 0 Å². The highest BCUT2D eigenvalue weighted by Gasteiger charge is 2.30. The first-order chi connectivity index (χ1) is 14.7. The molecule has 0 radical (unpaired) electrons. The van der Waals surface area contributed by atoms with E-state index in [4.69, 9.17) is 0 Å². The molecule has 0 aromatic heterocycles. The van der Waals surface area contributed by atoms with Crippen LogP contribution >= 0.6 is 0 Å². The molecule has 0 unspecified atom stereocenters. The molecular formula is C24H28N4O2. The molecular weight excluding hydrogens is 376 g/mol. The van der Waals surface area contributed by atoms with Crippen molar-refractivity contribution in [3.63, 3.8) is 0 Å². The van der Waals surface area contributed by atoms with E-state index >= 15 is 0 Å². The van der Waals surface area contributed by atoms with Gasteiger partial charge in [0.25, 0.3) is 0 Å². The molecule has 30 heavy (non-hydrogen) atoms. The third-order valence-corrected chi connectivity index (χ3v) is 6.28. The van der Waals surface area contributed by atoms with Crippen LogP contribution in [0.15, 0.2) is 48.5 Å². The quantitative estimate of drug-likeness (QED) is 0.770. The van der Waals surface area contributed by atoms with Crippen molar-refractivity contribution in [3.8, 4) is 11.1 Å². The van der Waals surface area contributed by atoms with E-state index in [0.29, 0.717) is 19.1 Å². The van der Waals surface area contributed by atoms with Crippen LogP contribution in [0.4, 0.5) is 0 Å². The zero-order chi connectivity index (χ0) is 20.5. The van der Waals surface area contributed by atoms with Crippen molar-refractivity contribution in [2.24, 2.45) is 0 Å². The summed E-state index contributed by atoms with van der Waals surface area (Å²) in [6.07, 6.45) is 2.23. The minimum absolute atomic E-state index is 0.0476. The average Bonchev–Trinajstić information content (AvgIpc) is 3.52. The lowest BCUT2D eigenvalue weighted by molar-refractivity contribution is -0.125. The van der Waals surface area contributed by atoms with E-state index in [2.05, 4.69) is 44.7 Å². The molecule has 2 aliphatic carbocycles. The summed E-state index contributed by atoms with van der Waals surface area (Å²) in [6.45, 7) is 4.11. The van der Waals surface area contributed by atoms with Crippen molar-refractivity contribution in [2.45, 2.75) is 24.9 Å². The lowest BCUT2D eigenvalue weighted by atomic mass is 10.1. The third kappa shape index (κ3) is 4.11. The topological polar surface area (TPSA) is 64.7 Å². The van der Waals surface area contributed by atoms with Crippen LogP contribution in [0.1, 0.15) is 30.0 Å². The van der Waals surface area contributed by atoms with Crippen LogP contribution in [-0.2, 0) is 9.59 Å². The van der Waals surface area contributed by atoms with Crippen molar-refractivity contribution >= 4 is 11.8 Å². The molecule has 2 amide bonds. The number of hydrogen-bond donors (Lipinski definition) is 2. The predicted octanol–water partition coefficient (Wildman–Crippen LogP) is 1.77. The molecule has 2 fully saturated rings. The van der Waals surface area contributed by atoms with Gasteiger partial charge in [-0.2, -0.15) is 0 Å². The summed E-state index contributed by atoms with van der Waals surface area (Å²) in [6, 6.07) is 16.9. The molecule has 156 valence electrons. The number of piperazine rings is 1. The van der Waals surface area contributed by atoms with Gasteiger partial charge in [-0.3, -0.25) is 19.4 Å². The number of carbonyl (C=O) groups is 2. The molecule has 1 heterocycles. The van der Waals surface area contributed by atoms with E-state index in [-0.39, 0.29) is 17.9 Å². The smallest absolute Gasteiger partial charge is 0.234 e. The molecule has 3 aliphatic rings. The molecule has 0 spiro atoms. The Bertz CT molecular complexity index is 902. The van der Waals surface area contributed by atoms with E-state index in [9.17, 15) is 9.59 Å². The van der Waals surface area contributed by atoms with E-state index in [1.807, 2.05) is 24.3 Å². The summed E-state index contributed by atoms with van der Waals surface area (Å²) in [4.78, 5) is 29.2. The van der Waals surface area contributed by atoms with Crippen LogP contribution in [0.5, 0.6) is 0 Å². The van der Waals surface area contributed by atoms with Gasteiger partial charge in [-0.1, -0.05) is 48.5 Å². The van der Waals surface area contributed by atoms with E-state index in [0.717, 1.165) is 39.0 Å². The lowest BCUT2D eigenvalue weighted by Gasteiger charge is -2.34. The van der Waals surface area contributed by atoms with E-state index in [1.54, 1.807) is 0 Å². The van der Waals surface area contributed by atoms with Crippen molar-refractivity contribution < 1.29 is 9.59 Å². The van der Waals surface area contributed by atoms with Crippen molar-refractivity contribution in [1.82, 2.24) is 20.4 Å². The number of carbonyl (C=O) groups excluding carboxylic acids is 2. The monoisotopic (exact) mass is 404 g/mol. The number of nitrogens with zero attached hydrogens (tertiary/aromatic N) is 2. The second kappa shape index (κ2) is 8.20. The minimum atomic E-state index is -0.0858. The van der Waals surface area contributed by atoms with Gasteiger partial charge in [-0.15, -0.1) is 0 Å². The highest BCUT2D eigenvalue weighted by atomic mass is 16.2. The van der Waals surface area contributed by atoms with Gasteiger partial charge in [0.15, 0.2) is 0 Å². The van der Waals surface area contributed by atoms with Crippen LogP contribution in [0, 0.1) is 0 Å². The van der Waals surface area contributed by atoms with Gasteiger partial charge >= 0.3 is 0 Å². The first kappa shape index (κ1) is 19.3. The molecule has 5 rings (SSSR count). The Morgan fingerprint density at radius 1 is 0.733 bits per heavy atom.